The summed E-state index contributed by atoms with van der Waals surface area (Å²) in [5.74, 6) is 0.140. The molecule has 1 amide bonds. The molecule has 2 unspecified atom stereocenters. The van der Waals surface area contributed by atoms with Crippen LogP contribution in [0.25, 0.3) is 0 Å². The summed E-state index contributed by atoms with van der Waals surface area (Å²) in [5.41, 5.74) is 2.33. The Morgan fingerprint density at radius 2 is 2.56 bits per heavy atom. The number of rotatable bonds is 5. The SMILES string of the molecule is CCC(CCO)NC(=O)C1CCc2cn[nH]c2C1. The minimum Gasteiger partial charge on any atom is -0.396 e. The maximum Gasteiger partial charge on any atom is 0.223 e. The number of hydrogen-bond acceptors (Lipinski definition) is 3. The Hall–Kier alpha value is -1.36. The first kappa shape index (κ1) is 13.1. The van der Waals surface area contributed by atoms with Gasteiger partial charge in [-0.1, -0.05) is 6.92 Å². The molecule has 0 fully saturated rings. The molecule has 3 N–H and O–H groups in total. The second-order valence-electron chi connectivity index (χ2n) is 4.94. The zero-order valence-electron chi connectivity index (χ0n) is 10.8. The fourth-order valence-corrected chi connectivity index (χ4v) is 2.49. The summed E-state index contributed by atoms with van der Waals surface area (Å²) in [7, 11) is 0. The highest BCUT2D eigenvalue weighted by Gasteiger charge is 2.26. The van der Waals surface area contributed by atoms with Crippen molar-refractivity contribution in [3.8, 4) is 0 Å². The highest BCUT2D eigenvalue weighted by Crippen LogP contribution is 2.23. The molecule has 1 aromatic heterocycles. The lowest BCUT2D eigenvalue weighted by Crippen LogP contribution is -2.40. The predicted octanol–water partition coefficient (Wildman–Crippen LogP) is 0.792. The van der Waals surface area contributed by atoms with Crippen LogP contribution in [-0.2, 0) is 17.6 Å². The van der Waals surface area contributed by atoms with Gasteiger partial charge in [-0.3, -0.25) is 9.89 Å². The number of hydrogen-bond donors (Lipinski definition) is 3. The molecular formula is C13H21N3O2. The highest BCUT2D eigenvalue weighted by molar-refractivity contribution is 5.79. The van der Waals surface area contributed by atoms with Crippen LogP contribution in [-0.4, -0.2) is 33.9 Å². The minimum atomic E-state index is 0.0330. The Kier molecular flexibility index (Phi) is 4.36. The fourth-order valence-electron chi connectivity index (χ4n) is 2.49. The number of aromatic nitrogens is 2. The van der Waals surface area contributed by atoms with Crippen LogP contribution in [0.2, 0.25) is 0 Å². The third-order valence-corrected chi connectivity index (χ3v) is 3.71. The second kappa shape index (κ2) is 6.00. The van der Waals surface area contributed by atoms with Crippen molar-refractivity contribution >= 4 is 5.91 Å². The molecule has 0 aromatic carbocycles. The predicted molar refractivity (Wildman–Crippen MR) is 68.0 cm³/mol. The van der Waals surface area contributed by atoms with Crippen molar-refractivity contribution in [2.24, 2.45) is 5.92 Å². The topological polar surface area (TPSA) is 78.0 Å². The van der Waals surface area contributed by atoms with Gasteiger partial charge >= 0.3 is 0 Å². The number of H-pyrrole nitrogens is 1. The van der Waals surface area contributed by atoms with E-state index in [0.717, 1.165) is 31.4 Å². The lowest BCUT2D eigenvalue weighted by molar-refractivity contribution is -0.126. The quantitative estimate of drug-likeness (QED) is 0.724. The molecule has 0 saturated heterocycles. The minimum absolute atomic E-state index is 0.0330. The van der Waals surface area contributed by atoms with Gasteiger partial charge in [0.15, 0.2) is 0 Å². The van der Waals surface area contributed by atoms with Gasteiger partial charge in [-0.2, -0.15) is 5.10 Å². The smallest absolute Gasteiger partial charge is 0.223 e. The summed E-state index contributed by atoms with van der Waals surface area (Å²) in [6, 6.07) is 0.0886. The number of nitrogens with one attached hydrogen (secondary N) is 2. The Balaban J connectivity index is 1.91. The normalized spacial score (nSPS) is 20.2. The first-order chi connectivity index (χ1) is 8.74. The van der Waals surface area contributed by atoms with Crippen molar-refractivity contribution < 1.29 is 9.90 Å². The van der Waals surface area contributed by atoms with Crippen LogP contribution < -0.4 is 5.32 Å². The van der Waals surface area contributed by atoms with Gasteiger partial charge in [-0.15, -0.1) is 0 Å². The standard InChI is InChI=1S/C13H21N3O2/c1-2-11(5-6-17)15-13(18)9-3-4-10-8-14-16-12(10)7-9/h8-9,11,17H,2-7H2,1H3,(H,14,16)(H,15,18). The van der Waals surface area contributed by atoms with Gasteiger partial charge in [0.05, 0.1) is 6.20 Å². The molecule has 1 aromatic rings. The molecule has 2 atom stereocenters. The van der Waals surface area contributed by atoms with Gasteiger partial charge in [0.1, 0.15) is 0 Å². The van der Waals surface area contributed by atoms with Crippen molar-refractivity contribution in [1.82, 2.24) is 15.5 Å². The van der Waals surface area contributed by atoms with E-state index in [1.807, 2.05) is 13.1 Å². The molecule has 0 bridgehead atoms. The average Bonchev–Trinajstić information content (AvgIpc) is 2.85. The zero-order valence-corrected chi connectivity index (χ0v) is 10.8. The van der Waals surface area contributed by atoms with Gasteiger partial charge in [0.2, 0.25) is 5.91 Å². The maximum atomic E-state index is 12.1. The van der Waals surface area contributed by atoms with E-state index >= 15 is 0 Å². The lowest BCUT2D eigenvalue weighted by atomic mass is 9.87. The summed E-state index contributed by atoms with van der Waals surface area (Å²) in [4.78, 5) is 12.1. The van der Waals surface area contributed by atoms with E-state index in [1.165, 1.54) is 5.56 Å². The van der Waals surface area contributed by atoms with Gasteiger partial charge in [0.25, 0.3) is 0 Å². The Bertz CT molecular complexity index is 403. The number of aromatic amines is 1. The van der Waals surface area contributed by atoms with Crippen molar-refractivity contribution in [3.05, 3.63) is 17.5 Å². The highest BCUT2D eigenvalue weighted by atomic mass is 16.3. The first-order valence-electron chi connectivity index (χ1n) is 6.67. The molecule has 0 spiro atoms. The van der Waals surface area contributed by atoms with Crippen LogP contribution in [0.5, 0.6) is 0 Å². The Morgan fingerprint density at radius 1 is 1.72 bits per heavy atom. The van der Waals surface area contributed by atoms with Crippen molar-refractivity contribution in [1.29, 1.82) is 0 Å². The van der Waals surface area contributed by atoms with Crippen molar-refractivity contribution in [2.75, 3.05) is 6.61 Å². The number of aliphatic hydroxyl groups excluding tert-OH is 1. The number of amides is 1. The van der Waals surface area contributed by atoms with E-state index in [2.05, 4.69) is 15.5 Å². The summed E-state index contributed by atoms with van der Waals surface area (Å²) < 4.78 is 0. The molecule has 1 aliphatic carbocycles. The van der Waals surface area contributed by atoms with E-state index < -0.39 is 0 Å². The summed E-state index contributed by atoms with van der Waals surface area (Å²) in [5, 5.41) is 18.9. The molecule has 5 heteroatoms. The van der Waals surface area contributed by atoms with Gasteiger partial charge in [-0.05, 0) is 31.2 Å². The first-order valence-corrected chi connectivity index (χ1v) is 6.67. The number of carbonyl (C=O) groups excluding carboxylic acids is 1. The third kappa shape index (κ3) is 2.90. The van der Waals surface area contributed by atoms with E-state index in [-0.39, 0.29) is 24.5 Å². The number of carbonyl (C=O) groups is 1. The van der Waals surface area contributed by atoms with Crippen LogP contribution in [0, 0.1) is 5.92 Å². The molecule has 0 aliphatic heterocycles. The van der Waals surface area contributed by atoms with E-state index in [4.69, 9.17) is 5.11 Å². The van der Waals surface area contributed by atoms with E-state index in [9.17, 15) is 4.79 Å². The van der Waals surface area contributed by atoms with Crippen LogP contribution in [0.15, 0.2) is 6.20 Å². The van der Waals surface area contributed by atoms with Crippen LogP contribution >= 0.6 is 0 Å². The number of aryl methyl sites for hydroxylation is 1. The van der Waals surface area contributed by atoms with E-state index in [0.29, 0.717) is 6.42 Å². The van der Waals surface area contributed by atoms with Gasteiger partial charge in [0, 0.05) is 30.7 Å². The molecule has 1 aliphatic rings. The van der Waals surface area contributed by atoms with E-state index in [1.54, 1.807) is 0 Å². The molecule has 5 nitrogen and oxygen atoms in total. The van der Waals surface area contributed by atoms with Crippen LogP contribution in [0.4, 0.5) is 0 Å². The third-order valence-electron chi connectivity index (χ3n) is 3.71. The molecule has 2 rings (SSSR count). The number of fused-ring (bicyclic) bond motifs is 1. The number of nitrogens with zero attached hydrogens (tertiary/aromatic N) is 1. The monoisotopic (exact) mass is 251 g/mol. The van der Waals surface area contributed by atoms with Crippen LogP contribution in [0.3, 0.4) is 0 Å². The number of aliphatic hydroxyl groups is 1. The maximum absolute atomic E-state index is 12.1. The second-order valence-corrected chi connectivity index (χ2v) is 4.94. The van der Waals surface area contributed by atoms with Crippen molar-refractivity contribution in [2.45, 2.75) is 45.1 Å². The summed E-state index contributed by atoms with van der Waals surface area (Å²) in [6.45, 7) is 2.14. The average molecular weight is 251 g/mol. The molecule has 100 valence electrons. The molecule has 0 saturated carbocycles. The van der Waals surface area contributed by atoms with Crippen LogP contribution in [0.1, 0.15) is 37.4 Å². The zero-order chi connectivity index (χ0) is 13.0. The Morgan fingerprint density at radius 3 is 3.28 bits per heavy atom. The van der Waals surface area contributed by atoms with Gasteiger partial charge < -0.3 is 10.4 Å². The fraction of sp³-hybridized carbons (Fsp3) is 0.692. The molecular weight excluding hydrogens is 230 g/mol. The molecule has 1 heterocycles. The van der Waals surface area contributed by atoms with Crippen molar-refractivity contribution in [3.63, 3.8) is 0 Å². The lowest BCUT2D eigenvalue weighted by Gasteiger charge is -2.24. The Labute approximate surface area is 107 Å². The summed E-state index contributed by atoms with van der Waals surface area (Å²) >= 11 is 0. The largest absolute Gasteiger partial charge is 0.396 e. The van der Waals surface area contributed by atoms with Gasteiger partial charge in [-0.25, -0.2) is 0 Å². The molecule has 18 heavy (non-hydrogen) atoms. The molecule has 0 radical (unpaired) electrons. The summed E-state index contributed by atoms with van der Waals surface area (Å²) in [6.07, 6.45) is 5.88.